The summed E-state index contributed by atoms with van der Waals surface area (Å²) in [4.78, 5) is 1.89. The third kappa shape index (κ3) is 3.91. The Morgan fingerprint density at radius 2 is 1.12 bits per heavy atom. The van der Waals surface area contributed by atoms with Gasteiger partial charge in [-0.3, -0.25) is 4.31 Å². The Bertz CT molecular complexity index is 774. The predicted molar refractivity (Wildman–Crippen MR) is 104 cm³/mol. The molecule has 6 heteroatoms. The molecule has 0 heterocycles. The molecule has 0 N–H and O–H groups in total. The van der Waals surface area contributed by atoms with E-state index in [0.29, 0.717) is 5.75 Å². The fourth-order valence-electron chi connectivity index (χ4n) is 2.29. The SMILES string of the molecule is O=P(OP)(Oc1ccccc1)[SH](c1ccccc1)c1ccccc1. The van der Waals surface area contributed by atoms with Crippen molar-refractivity contribution in [1.82, 2.24) is 0 Å². The molecule has 3 rings (SSSR count). The van der Waals surface area contributed by atoms with Gasteiger partial charge in [-0.1, -0.05) is 65.1 Å². The van der Waals surface area contributed by atoms with Crippen LogP contribution in [0.25, 0.3) is 0 Å². The molecule has 24 heavy (non-hydrogen) atoms. The highest BCUT2D eigenvalue weighted by Gasteiger charge is 2.36. The second-order valence-electron chi connectivity index (χ2n) is 4.96. The maximum atomic E-state index is 13.6. The van der Waals surface area contributed by atoms with E-state index in [1.165, 1.54) is 0 Å². The van der Waals surface area contributed by atoms with E-state index in [1.807, 2.05) is 78.9 Å². The Labute approximate surface area is 146 Å². The molecule has 0 fully saturated rings. The average Bonchev–Trinajstić information content (AvgIpc) is 2.64. The summed E-state index contributed by atoms with van der Waals surface area (Å²) in [5.41, 5.74) is 0. The minimum Gasteiger partial charge on any atom is -0.418 e. The van der Waals surface area contributed by atoms with Gasteiger partial charge in [-0.25, -0.2) is 4.57 Å². The molecule has 0 amide bonds. The zero-order valence-electron chi connectivity index (χ0n) is 12.9. The normalized spacial score (nSPS) is 13.8. The highest BCUT2D eigenvalue weighted by Crippen LogP contribution is 2.77. The van der Waals surface area contributed by atoms with Crippen LogP contribution in [0.1, 0.15) is 0 Å². The number of benzene rings is 3. The Morgan fingerprint density at radius 3 is 1.54 bits per heavy atom. The van der Waals surface area contributed by atoms with Gasteiger partial charge < -0.3 is 4.52 Å². The molecule has 3 aromatic rings. The molecule has 0 bridgehead atoms. The van der Waals surface area contributed by atoms with Gasteiger partial charge in [0.2, 0.25) is 0 Å². The second-order valence-corrected chi connectivity index (χ2v) is 11.3. The summed E-state index contributed by atoms with van der Waals surface area (Å²) in [7, 11) is 0.788. The van der Waals surface area contributed by atoms with Crippen LogP contribution in [0.2, 0.25) is 0 Å². The van der Waals surface area contributed by atoms with E-state index in [1.54, 1.807) is 12.1 Å². The van der Waals surface area contributed by atoms with Crippen molar-refractivity contribution in [3.63, 3.8) is 0 Å². The molecule has 0 aliphatic heterocycles. The van der Waals surface area contributed by atoms with Crippen LogP contribution in [-0.4, -0.2) is 0 Å². The minimum atomic E-state index is -3.45. The lowest BCUT2D eigenvalue weighted by Crippen LogP contribution is -1.96. The maximum absolute atomic E-state index is 13.6. The molecule has 0 radical (unpaired) electrons. The lowest BCUT2D eigenvalue weighted by Gasteiger charge is -2.29. The zero-order valence-corrected chi connectivity index (χ0v) is 15.8. The molecule has 124 valence electrons. The summed E-state index contributed by atoms with van der Waals surface area (Å²) in [6.07, 6.45) is 0. The third-order valence-corrected chi connectivity index (χ3v) is 10.9. The van der Waals surface area contributed by atoms with Crippen molar-refractivity contribution in [3.8, 4) is 5.75 Å². The molecule has 0 aliphatic carbocycles. The summed E-state index contributed by atoms with van der Waals surface area (Å²) in [5, 5.41) is 0. The van der Waals surface area contributed by atoms with Gasteiger partial charge >= 0.3 is 6.80 Å². The molecule has 2 unspecified atom stereocenters. The fourth-order valence-corrected chi connectivity index (χ4v) is 8.96. The smallest absolute Gasteiger partial charge is 0.418 e. The van der Waals surface area contributed by atoms with Gasteiger partial charge in [0.1, 0.15) is 5.75 Å². The average molecular weight is 376 g/mol. The second kappa shape index (κ2) is 8.00. The van der Waals surface area contributed by atoms with Crippen molar-refractivity contribution in [2.24, 2.45) is 0 Å². The summed E-state index contributed by atoms with van der Waals surface area (Å²) in [5.74, 6) is 0.530. The van der Waals surface area contributed by atoms with Crippen LogP contribution < -0.4 is 4.52 Å². The summed E-state index contributed by atoms with van der Waals surface area (Å²) < 4.78 is 24.9. The van der Waals surface area contributed by atoms with E-state index in [-0.39, 0.29) is 0 Å². The number of hydrogen-bond donors (Lipinski definition) is 1. The van der Waals surface area contributed by atoms with Gasteiger partial charge in [-0.2, -0.15) is 0 Å². The Kier molecular flexibility index (Phi) is 5.76. The molecular formula is C18H18O3P2S. The van der Waals surface area contributed by atoms with E-state index in [4.69, 9.17) is 8.83 Å². The molecule has 0 saturated carbocycles. The Hall–Kier alpha value is -1.57. The minimum absolute atomic E-state index is 0.530. The van der Waals surface area contributed by atoms with Crippen molar-refractivity contribution < 1.29 is 13.4 Å². The van der Waals surface area contributed by atoms with Crippen LogP contribution in [-0.2, 0) is 8.88 Å². The molecule has 2 atom stereocenters. The summed E-state index contributed by atoms with van der Waals surface area (Å²) in [6, 6.07) is 28.6. The van der Waals surface area contributed by atoms with E-state index < -0.39 is 17.3 Å². The lowest BCUT2D eigenvalue weighted by atomic mass is 10.3. The van der Waals surface area contributed by atoms with Crippen LogP contribution in [0.5, 0.6) is 5.75 Å². The monoisotopic (exact) mass is 376 g/mol. The van der Waals surface area contributed by atoms with Crippen LogP contribution in [0, 0.1) is 0 Å². The maximum Gasteiger partial charge on any atom is 0.430 e. The predicted octanol–water partition coefficient (Wildman–Crippen LogP) is 6.10. The van der Waals surface area contributed by atoms with Gasteiger partial charge in [-0.15, -0.1) is 0 Å². The molecule has 0 aliphatic rings. The highest BCUT2D eigenvalue weighted by atomic mass is 32.8. The van der Waals surface area contributed by atoms with Crippen LogP contribution in [0.3, 0.4) is 0 Å². The molecule has 3 aromatic carbocycles. The number of rotatable bonds is 6. The van der Waals surface area contributed by atoms with Crippen molar-refractivity contribution >= 4 is 26.8 Å². The molecule has 0 aromatic heterocycles. The van der Waals surface area contributed by atoms with E-state index >= 15 is 0 Å². The van der Waals surface area contributed by atoms with Crippen LogP contribution in [0.15, 0.2) is 101 Å². The van der Waals surface area contributed by atoms with Gasteiger partial charge in [0.25, 0.3) is 0 Å². The first-order chi connectivity index (χ1) is 11.7. The van der Waals surface area contributed by atoms with E-state index in [2.05, 4.69) is 9.47 Å². The number of thiol groups is 1. The molecular weight excluding hydrogens is 358 g/mol. The van der Waals surface area contributed by atoms with Gasteiger partial charge in [-0.05, 0) is 36.4 Å². The van der Waals surface area contributed by atoms with Crippen LogP contribution >= 0.6 is 26.8 Å². The van der Waals surface area contributed by atoms with Crippen molar-refractivity contribution in [2.75, 3.05) is 0 Å². The van der Waals surface area contributed by atoms with Gasteiger partial charge in [0, 0.05) is 19.3 Å². The quantitative estimate of drug-likeness (QED) is 0.417. The van der Waals surface area contributed by atoms with Crippen molar-refractivity contribution in [1.29, 1.82) is 0 Å². The van der Waals surface area contributed by atoms with Crippen molar-refractivity contribution in [2.45, 2.75) is 9.79 Å². The summed E-state index contributed by atoms with van der Waals surface area (Å²) in [6.45, 7) is -3.45. The third-order valence-electron chi connectivity index (χ3n) is 3.34. The Morgan fingerprint density at radius 1 is 0.708 bits per heavy atom. The van der Waals surface area contributed by atoms with Crippen LogP contribution in [0.4, 0.5) is 0 Å². The largest absolute Gasteiger partial charge is 0.430 e. The summed E-state index contributed by atoms with van der Waals surface area (Å²) >= 11 is 0. The zero-order chi connectivity index (χ0) is 16.8. The van der Waals surface area contributed by atoms with Gasteiger partial charge in [0.05, 0.1) is 0 Å². The number of hydrogen-bond acceptors (Lipinski definition) is 3. The fraction of sp³-hybridized carbons (Fsp3) is 0. The first-order valence-electron chi connectivity index (χ1n) is 7.37. The Balaban J connectivity index is 2.07. The molecule has 3 nitrogen and oxygen atoms in total. The van der Waals surface area contributed by atoms with Gasteiger partial charge in [0.15, 0.2) is 0 Å². The molecule has 0 spiro atoms. The topological polar surface area (TPSA) is 35.5 Å². The molecule has 0 saturated heterocycles. The van der Waals surface area contributed by atoms with E-state index in [0.717, 1.165) is 9.79 Å². The first kappa shape index (κ1) is 17.3. The number of para-hydroxylation sites is 1. The highest BCUT2D eigenvalue weighted by molar-refractivity contribution is 8.66. The standard InChI is InChI=1S/C18H18O3P2S/c19-23(21-22,20-16-10-4-1-5-11-16)24(17-12-6-2-7-13-17)18-14-8-3-9-15-18/h1-15,24H,22H2. The van der Waals surface area contributed by atoms with Crippen molar-refractivity contribution in [3.05, 3.63) is 91.0 Å². The van der Waals surface area contributed by atoms with E-state index in [9.17, 15) is 4.57 Å². The lowest BCUT2D eigenvalue weighted by molar-refractivity contribution is 0.428. The first-order valence-corrected chi connectivity index (χ1v) is 11.4.